The average Bonchev–Trinajstić information content (AvgIpc) is 3.10. The molecule has 1 aromatic heterocycles. The van der Waals surface area contributed by atoms with Crippen LogP contribution in [0.15, 0.2) is 30.3 Å². The predicted molar refractivity (Wildman–Crippen MR) is 130 cm³/mol. The predicted octanol–water partition coefficient (Wildman–Crippen LogP) is 6.35. The van der Waals surface area contributed by atoms with Gasteiger partial charge in [0.1, 0.15) is 0 Å². The first-order valence-corrected chi connectivity index (χ1v) is 11.7. The number of carbonyl (C=O) groups excluding carboxylic acids is 1. The summed E-state index contributed by atoms with van der Waals surface area (Å²) in [7, 11) is 3.61. The van der Waals surface area contributed by atoms with Crippen LogP contribution in [0.4, 0.5) is 0 Å². The lowest BCUT2D eigenvalue weighted by molar-refractivity contribution is 0.0831. The monoisotopic (exact) mass is 427 g/mol. The van der Waals surface area contributed by atoms with Crippen molar-refractivity contribution >= 4 is 23.3 Å². The lowest BCUT2D eigenvalue weighted by Crippen LogP contribution is -2.25. The quantitative estimate of drug-likeness (QED) is 0.533. The third-order valence-corrected chi connectivity index (χ3v) is 7.79. The Kier molecular flexibility index (Phi) is 7.70. The minimum Gasteiger partial charge on any atom is -0.386 e. The van der Waals surface area contributed by atoms with E-state index in [1.54, 1.807) is 30.3 Å². The highest BCUT2D eigenvalue weighted by atomic mass is 32.1. The fraction of sp³-hybridized carbons (Fsp3) is 0.500. The van der Waals surface area contributed by atoms with Gasteiger partial charge in [0.25, 0.3) is 5.91 Å². The van der Waals surface area contributed by atoms with Gasteiger partial charge in [-0.3, -0.25) is 4.79 Å². The molecule has 0 aliphatic rings. The summed E-state index contributed by atoms with van der Waals surface area (Å²) in [6.07, 6.45) is 6.52. The largest absolute Gasteiger partial charge is 0.386 e. The number of hydrogen-bond donors (Lipinski definition) is 1. The molecule has 3 nitrogen and oxygen atoms in total. The number of nitrogens with zero attached hydrogens (tertiary/aromatic N) is 1. The topological polar surface area (TPSA) is 40.5 Å². The average molecular weight is 428 g/mol. The number of carbonyl (C=O) groups is 1. The third-order valence-electron chi connectivity index (χ3n) is 6.36. The summed E-state index contributed by atoms with van der Waals surface area (Å²) in [6, 6.07) is 8.84. The third kappa shape index (κ3) is 4.87. The van der Waals surface area contributed by atoms with Gasteiger partial charge in [0, 0.05) is 24.4 Å². The molecule has 0 saturated carbocycles. The molecule has 1 heterocycles. The first-order valence-electron chi connectivity index (χ1n) is 10.9. The highest BCUT2D eigenvalue weighted by Gasteiger charge is 2.34. The van der Waals surface area contributed by atoms with Gasteiger partial charge in [-0.05, 0) is 68.4 Å². The van der Waals surface area contributed by atoms with E-state index in [0.717, 1.165) is 28.8 Å². The molecule has 0 spiro atoms. The molecule has 1 N–H and O–H groups in total. The Balaban J connectivity index is 2.52. The van der Waals surface area contributed by atoms with Gasteiger partial charge in [0.2, 0.25) is 0 Å². The summed E-state index contributed by atoms with van der Waals surface area (Å²) in [5.41, 5.74) is 3.76. The van der Waals surface area contributed by atoms with E-state index < -0.39 is 5.60 Å². The first-order chi connectivity index (χ1) is 14.0. The van der Waals surface area contributed by atoms with Crippen LogP contribution in [-0.2, 0) is 5.41 Å². The van der Waals surface area contributed by atoms with E-state index in [9.17, 15) is 9.90 Å². The zero-order valence-electron chi connectivity index (χ0n) is 19.8. The molecule has 0 aliphatic heterocycles. The van der Waals surface area contributed by atoms with Crippen molar-refractivity contribution in [2.75, 3.05) is 14.1 Å². The normalized spacial score (nSPS) is 14.2. The van der Waals surface area contributed by atoms with E-state index in [4.69, 9.17) is 0 Å². The molecule has 1 aromatic carbocycles. The molecule has 164 valence electrons. The van der Waals surface area contributed by atoms with Crippen molar-refractivity contribution in [2.24, 2.45) is 0 Å². The van der Waals surface area contributed by atoms with Crippen molar-refractivity contribution in [2.45, 2.75) is 71.8 Å². The molecule has 30 heavy (non-hydrogen) atoms. The lowest BCUT2D eigenvalue weighted by Gasteiger charge is -2.32. The number of amides is 1. The molecule has 4 heteroatoms. The number of benzene rings is 1. The summed E-state index contributed by atoms with van der Waals surface area (Å²) in [4.78, 5) is 16.3. The molecular formula is C26H37NO2S. The zero-order valence-corrected chi connectivity index (χ0v) is 20.6. The highest BCUT2D eigenvalue weighted by Crippen LogP contribution is 2.44. The maximum Gasteiger partial charge on any atom is 0.263 e. The number of rotatable bonds is 8. The minimum absolute atomic E-state index is 0.0736. The Labute approximate surface area is 186 Å². The van der Waals surface area contributed by atoms with Crippen molar-refractivity contribution < 1.29 is 9.90 Å². The molecule has 1 atom stereocenters. The molecule has 1 amide bonds. The Morgan fingerprint density at radius 2 is 1.70 bits per heavy atom. The standard InChI is InChI=1S/C26H37NO2S/c1-9-25(6,29)15-14-20-12-13-21(16-18(20)4)26(10-2,11-3)22-17-19(5)23(30-22)24(28)27(7)8/h12-17,29H,9-11H2,1-8H3/b15-14+. The number of hydrogen-bond acceptors (Lipinski definition) is 3. The van der Waals surface area contributed by atoms with Gasteiger partial charge in [-0.15, -0.1) is 11.3 Å². The summed E-state index contributed by atoms with van der Waals surface area (Å²) >= 11 is 1.64. The fourth-order valence-corrected chi connectivity index (χ4v) is 5.38. The molecule has 0 aliphatic carbocycles. The van der Waals surface area contributed by atoms with Crippen molar-refractivity contribution in [3.8, 4) is 0 Å². The van der Waals surface area contributed by atoms with Gasteiger partial charge in [0.15, 0.2) is 0 Å². The SMILES string of the molecule is CCC(C)(O)/C=C/c1ccc(C(CC)(CC)c2cc(C)c(C(=O)N(C)C)s2)cc1C. The van der Waals surface area contributed by atoms with E-state index >= 15 is 0 Å². The number of thiophene rings is 1. The summed E-state index contributed by atoms with van der Waals surface area (Å²) in [5, 5.41) is 10.3. The molecule has 1 unspecified atom stereocenters. The highest BCUT2D eigenvalue weighted by molar-refractivity contribution is 7.14. The minimum atomic E-state index is -0.786. The second-order valence-electron chi connectivity index (χ2n) is 8.73. The van der Waals surface area contributed by atoms with Crippen LogP contribution in [0.2, 0.25) is 0 Å². The van der Waals surface area contributed by atoms with Crippen LogP contribution in [0.5, 0.6) is 0 Å². The summed E-state index contributed by atoms with van der Waals surface area (Å²) in [5.74, 6) is 0.0736. The molecule has 2 rings (SSSR count). The van der Waals surface area contributed by atoms with Crippen molar-refractivity contribution in [3.05, 3.63) is 62.3 Å². The van der Waals surface area contributed by atoms with Crippen molar-refractivity contribution in [3.63, 3.8) is 0 Å². The van der Waals surface area contributed by atoms with Gasteiger partial charge in [-0.1, -0.05) is 51.1 Å². The number of aryl methyl sites for hydroxylation is 2. The van der Waals surface area contributed by atoms with Crippen LogP contribution in [-0.4, -0.2) is 35.6 Å². The first kappa shape index (κ1) is 24.4. The van der Waals surface area contributed by atoms with E-state index in [2.05, 4.69) is 45.0 Å². The Bertz CT molecular complexity index is 917. The van der Waals surface area contributed by atoms with Crippen LogP contribution in [0.25, 0.3) is 6.08 Å². The lowest BCUT2D eigenvalue weighted by atomic mass is 9.74. The van der Waals surface area contributed by atoms with Crippen molar-refractivity contribution in [1.29, 1.82) is 0 Å². The Morgan fingerprint density at radius 3 is 2.20 bits per heavy atom. The van der Waals surface area contributed by atoms with Crippen LogP contribution in [0, 0.1) is 13.8 Å². The summed E-state index contributed by atoms with van der Waals surface area (Å²) < 4.78 is 0. The van der Waals surface area contributed by atoms with Crippen LogP contribution in [0.1, 0.15) is 83.8 Å². The molecule has 0 radical (unpaired) electrons. The van der Waals surface area contributed by atoms with Crippen LogP contribution in [0.3, 0.4) is 0 Å². The molecular weight excluding hydrogens is 390 g/mol. The Hall–Kier alpha value is -1.91. The number of aliphatic hydroxyl groups is 1. The second kappa shape index (κ2) is 9.49. The van der Waals surface area contributed by atoms with Gasteiger partial charge in [0.05, 0.1) is 10.5 Å². The maximum absolute atomic E-state index is 12.6. The van der Waals surface area contributed by atoms with E-state index in [-0.39, 0.29) is 11.3 Å². The molecule has 0 saturated heterocycles. The summed E-state index contributed by atoms with van der Waals surface area (Å²) in [6.45, 7) is 12.4. The maximum atomic E-state index is 12.6. The van der Waals surface area contributed by atoms with E-state index in [0.29, 0.717) is 6.42 Å². The Morgan fingerprint density at radius 1 is 1.07 bits per heavy atom. The second-order valence-corrected chi connectivity index (χ2v) is 9.78. The van der Waals surface area contributed by atoms with Gasteiger partial charge in [-0.25, -0.2) is 0 Å². The zero-order chi connectivity index (χ0) is 22.7. The molecule has 0 fully saturated rings. The van der Waals surface area contributed by atoms with E-state index in [1.807, 2.05) is 32.9 Å². The van der Waals surface area contributed by atoms with Crippen molar-refractivity contribution in [1.82, 2.24) is 4.90 Å². The fourth-order valence-electron chi connectivity index (χ4n) is 3.83. The van der Waals surface area contributed by atoms with Gasteiger partial charge >= 0.3 is 0 Å². The van der Waals surface area contributed by atoms with Crippen LogP contribution < -0.4 is 0 Å². The van der Waals surface area contributed by atoms with Gasteiger partial charge in [-0.2, -0.15) is 0 Å². The molecule has 2 aromatic rings. The van der Waals surface area contributed by atoms with Gasteiger partial charge < -0.3 is 10.0 Å². The van der Waals surface area contributed by atoms with E-state index in [1.165, 1.54) is 16.0 Å². The van der Waals surface area contributed by atoms with Crippen LogP contribution >= 0.6 is 11.3 Å². The molecule has 0 bridgehead atoms. The smallest absolute Gasteiger partial charge is 0.263 e.